The lowest BCUT2D eigenvalue weighted by Gasteiger charge is -2.14. The Morgan fingerprint density at radius 1 is 0.804 bits per heavy atom. The van der Waals surface area contributed by atoms with Gasteiger partial charge in [-0.15, -0.1) is 0 Å². The van der Waals surface area contributed by atoms with E-state index in [4.69, 9.17) is 44.0 Å². The molecule has 0 atom stereocenters. The minimum Gasteiger partial charge on any atom is -0.488 e. The van der Waals surface area contributed by atoms with Crippen molar-refractivity contribution in [2.75, 3.05) is 11.1 Å². The van der Waals surface area contributed by atoms with Crippen LogP contribution in [0.3, 0.4) is 0 Å². The second-order valence-corrected chi connectivity index (χ2v) is 17.8. The van der Waals surface area contributed by atoms with Crippen LogP contribution in [0, 0.1) is 22.6 Å². The summed E-state index contributed by atoms with van der Waals surface area (Å²) in [5.41, 5.74) is 10.4. The smallest absolute Gasteiger partial charge is 0.167 e. The summed E-state index contributed by atoms with van der Waals surface area (Å²) < 4.78 is 23.6. The third-order valence-corrected chi connectivity index (χ3v) is 8.77. The molecule has 2 aromatic heterocycles. The molecule has 0 aliphatic carbocycles. The lowest BCUT2D eigenvalue weighted by Crippen LogP contribution is -2.18. The number of rotatable bonds is 9. The zero-order valence-corrected chi connectivity index (χ0v) is 36.0. The first-order valence-corrected chi connectivity index (χ1v) is 19.3. The highest BCUT2D eigenvalue weighted by Gasteiger charge is 2.22. The fourth-order valence-corrected chi connectivity index (χ4v) is 5.12. The SMILES string of the molecule is CC(C)(C)C(=O)CC#N.CC(C)(C)c1cc(N)n(Cc2ccc(Cl)cc2)n1.CC(C)Oc1ccc(Nc2cc(C(C)(C)C)nn2Cc2ccc(Cl)cc2)cc1F. The minimum atomic E-state index is -0.400. The molecule has 0 radical (unpaired) electrons. The predicted molar refractivity (Wildman–Crippen MR) is 228 cm³/mol. The van der Waals surface area contributed by atoms with Crippen LogP contribution in [0.15, 0.2) is 78.9 Å². The molecule has 12 heteroatoms. The second-order valence-electron chi connectivity index (χ2n) is 16.9. The molecule has 0 saturated carbocycles. The predicted octanol–water partition coefficient (Wildman–Crippen LogP) is 11.5. The van der Waals surface area contributed by atoms with Crippen molar-refractivity contribution in [3.8, 4) is 11.8 Å². The number of nitrogens with one attached hydrogen (secondary N) is 1. The van der Waals surface area contributed by atoms with Crippen LogP contribution in [-0.2, 0) is 28.7 Å². The summed E-state index contributed by atoms with van der Waals surface area (Å²) in [6.45, 7) is 23.1. The van der Waals surface area contributed by atoms with Gasteiger partial charge in [-0.25, -0.2) is 13.8 Å². The quantitative estimate of drug-likeness (QED) is 0.152. The molecule has 2 heterocycles. The van der Waals surface area contributed by atoms with Crippen LogP contribution in [0.4, 0.5) is 21.7 Å². The van der Waals surface area contributed by atoms with Crippen molar-refractivity contribution in [2.45, 2.75) is 113 Å². The highest BCUT2D eigenvalue weighted by Crippen LogP contribution is 2.29. The zero-order valence-electron chi connectivity index (χ0n) is 34.5. The van der Waals surface area contributed by atoms with E-state index in [2.05, 4.69) is 52.0 Å². The van der Waals surface area contributed by atoms with E-state index in [1.165, 1.54) is 6.07 Å². The van der Waals surface area contributed by atoms with Crippen molar-refractivity contribution in [1.29, 1.82) is 5.26 Å². The number of ketones is 1. The number of Topliss-reactive ketones (excluding diaryl/α,β-unsaturated/α-hetero) is 1. The van der Waals surface area contributed by atoms with Gasteiger partial charge in [0.05, 0.1) is 43.1 Å². The Labute approximate surface area is 342 Å². The molecule has 0 fully saturated rings. The Bertz CT molecular complexity index is 2080. The van der Waals surface area contributed by atoms with E-state index in [9.17, 15) is 9.18 Å². The van der Waals surface area contributed by atoms with Gasteiger partial charge in [0.25, 0.3) is 0 Å². The highest BCUT2D eigenvalue weighted by atomic mass is 35.5. The first kappa shape index (κ1) is 45.5. The molecule has 300 valence electrons. The molecule has 3 aromatic carbocycles. The Kier molecular flexibility index (Phi) is 15.7. The summed E-state index contributed by atoms with van der Waals surface area (Å²) in [5, 5.41) is 22.2. The first-order chi connectivity index (χ1) is 26.0. The van der Waals surface area contributed by atoms with E-state index in [1.807, 2.05) is 111 Å². The van der Waals surface area contributed by atoms with E-state index in [0.29, 0.717) is 29.6 Å². The van der Waals surface area contributed by atoms with Crippen molar-refractivity contribution in [2.24, 2.45) is 5.41 Å². The molecule has 0 aliphatic rings. The number of nitriles is 1. The summed E-state index contributed by atoms with van der Waals surface area (Å²) in [6, 6.07) is 26.1. The van der Waals surface area contributed by atoms with Crippen molar-refractivity contribution in [3.63, 3.8) is 0 Å². The Hall–Kier alpha value is -4.85. The highest BCUT2D eigenvalue weighted by molar-refractivity contribution is 6.30. The molecule has 5 aromatic rings. The Morgan fingerprint density at radius 3 is 1.70 bits per heavy atom. The molecule has 56 heavy (non-hydrogen) atoms. The molecular formula is C44H56Cl2FN7O2. The average molecular weight is 805 g/mol. The Morgan fingerprint density at radius 2 is 1.29 bits per heavy atom. The van der Waals surface area contributed by atoms with Gasteiger partial charge in [0, 0.05) is 50.2 Å². The van der Waals surface area contributed by atoms with Crippen LogP contribution in [0.1, 0.15) is 105 Å². The van der Waals surface area contributed by atoms with E-state index in [1.54, 1.807) is 12.1 Å². The number of carbonyl (C=O) groups excluding carboxylic acids is 1. The molecule has 0 bridgehead atoms. The van der Waals surface area contributed by atoms with Gasteiger partial charge < -0.3 is 15.8 Å². The third kappa shape index (κ3) is 14.3. The van der Waals surface area contributed by atoms with Crippen molar-refractivity contribution >= 4 is 46.3 Å². The van der Waals surface area contributed by atoms with Gasteiger partial charge in [-0.3, -0.25) is 4.79 Å². The maximum atomic E-state index is 14.4. The standard InChI is InChI=1S/C23H27ClFN3O.C14H18ClN3.C7H11NO/c1-15(2)29-20-11-10-18(12-19(20)25)26-22-13-21(23(3,4)5)27-28(22)14-16-6-8-17(24)9-7-16;1-14(2,3)12-8-13(16)18(17-12)9-10-4-6-11(15)7-5-10;1-7(2,3)6(9)4-5-8/h6-13,15,26H,14H2,1-5H3;4-8H,9,16H2,1-3H3;4H2,1-3H3. The van der Waals surface area contributed by atoms with Crippen LogP contribution in [-0.4, -0.2) is 31.4 Å². The fourth-order valence-electron chi connectivity index (χ4n) is 4.87. The maximum Gasteiger partial charge on any atom is 0.167 e. The van der Waals surface area contributed by atoms with Crippen LogP contribution < -0.4 is 15.8 Å². The number of nitrogens with two attached hydrogens (primary N) is 1. The summed E-state index contributed by atoms with van der Waals surface area (Å²) in [6.07, 6.45) is -0.0535. The number of carbonyl (C=O) groups is 1. The van der Waals surface area contributed by atoms with Gasteiger partial charge >= 0.3 is 0 Å². The number of hydrogen-bond donors (Lipinski definition) is 2. The number of anilines is 3. The summed E-state index contributed by atoms with van der Waals surface area (Å²) in [7, 11) is 0. The molecule has 5 rings (SSSR count). The van der Waals surface area contributed by atoms with Crippen LogP contribution in [0.2, 0.25) is 10.0 Å². The number of ether oxygens (including phenoxy) is 1. The van der Waals surface area contributed by atoms with Crippen molar-refractivity contribution in [3.05, 3.63) is 117 Å². The summed E-state index contributed by atoms with van der Waals surface area (Å²) in [5.74, 6) is 1.33. The largest absolute Gasteiger partial charge is 0.488 e. The van der Waals surface area contributed by atoms with E-state index in [0.717, 1.165) is 33.4 Å². The van der Waals surface area contributed by atoms with E-state index < -0.39 is 5.82 Å². The molecule has 3 N–H and O–H groups in total. The lowest BCUT2D eigenvalue weighted by atomic mass is 9.89. The molecule has 0 saturated heterocycles. The van der Waals surface area contributed by atoms with Gasteiger partial charge in [-0.2, -0.15) is 15.5 Å². The molecular weight excluding hydrogens is 748 g/mol. The van der Waals surface area contributed by atoms with Gasteiger partial charge in [-0.05, 0) is 61.4 Å². The average Bonchev–Trinajstić information content (AvgIpc) is 3.67. The minimum absolute atomic E-state index is 0.00463. The third-order valence-electron chi connectivity index (χ3n) is 8.26. The molecule has 0 aliphatic heterocycles. The van der Waals surface area contributed by atoms with Gasteiger partial charge in [0.15, 0.2) is 17.3 Å². The van der Waals surface area contributed by atoms with Crippen molar-refractivity contribution in [1.82, 2.24) is 19.6 Å². The molecule has 0 spiro atoms. The molecule has 0 unspecified atom stereocenters. The number of hydrogen-bond acceptors (Lipinski definition) is 7. The van der Waals surface area contributed by atoms with E-state index in [-0.39, 0.29) is 40.3 Å². The van der Waals surface area contributed by atoms with Crippen LogP contribution >= 0.6 is 23.2 Å². The normalized spacial score (nSPS) is 11.5. The second kappa shape index (κ2) is 19.3. The first-order valence-electron chi connectivity index (χ1n) is 18.5. The maximum absolute atomic E-state index is 14.4. The van der Waals surface area contributed by atoms with Gasteiger partial charge in [0.1, 0.15) is 11.6 Å². The van der Waals surface area contributed by atoms with E-state index >= 15 is 0 Å². The summed E-state index contributed by atoms with van der Waals surface area (Å²) in [4.78, 5) is 10.8. The van der Waals surface area contributed by atoms with Gasteiger partial charge in [0.2, 0.25) is 0 Å². The fraction of sp³-hybridized carbons (Fsp3) is 0.409. The number of halogens is 3. The number of nitrogens with zero attached hydrogens (tertiary/aromatic N) is 5. The molecule has 0 amide bonds. The summed E-state index contributed by atoms with van der Waals surface area (Å²) >= 11 is 11.9. The number of benzene rings is 3. The topological polar surface area (TPSA) is 124 Å². The van der Waals surface area contributed by atoms with Gasteiger partial charge in [-0.1, -0.05) is 110 Å². The van der Waals surface area contributed by atoms with Crippen LogP contribution in [0.5, 0.6) is 5.75 Å². The monoisotopic (exact) mass is 803 g/mol. The number of nitrogen functional groups attached to an aromatic ring is 1. The lowest BCUT2D eigenvalue weighted by molar-refractivity contribution is -0.125. The molecule has 9 nitrogen and oxygen atoms in total. The van der Waals surface area contributed by atoms with Crippen LogP contribution in [0.25, 0.3) is 0 Å². The Balaban J connectivity index is 0.000000264. The van der Waals surface area contributed by atoms with Crippen molar-refractivity contribution < 1.29 is 13.9 Å². The zero-order chi connectivity index (χ0) is 42.0. The number of aromatic nitrogens is 4.